The van der Waals surface area contributed by atoms with Crippen LogP contribution in [0.4, 0.5) is 0 Å². The van der Waals surface area contributed by atoms with Crippen molar-refractivity contribution in [3.8, 4) is 0 Å². The monoisotopic (exact) mass is 308 g/mol. The van der Waals surface area contributed by atoms with Crippen molar-refractivity contribution >= 4 is 12.1 Å². The number of amides is 1. The first-order valence-corrected chi connectivity index (χ1v) is 7.87. The number of hydrogen-bond acceptors (Lipinski definition) is 2. The van der Waals surface area contributed by atoms with Gasteiger partial charge in [-0.15, -0.1) is 0 Å². The predicted molar refractivity (Wildman–Crippen MR) is 96.0 cm³/mol. The lowest BCUT2D eigenvalue weighted by Gasteiger charge is -2.18. The van der Waals surface area contributed by atoms with E-state index >= 15 is 0 Å². The van der Waals surface area contributed by atoms with Crippen molar-refractivity contribution in [3.05, 3.63) is 71.3 Å². The van der Waals surface area contributed by atoms with Crippen LogP contribution in [0, 0.1) is 0 Å². The zero-order valence-corrected chi connectivity index (χ0v) is 14.2. The topological polar surface area (TPSA) is 41.5 Å². The number of rotatable bonds is 4. The van der Waals surface area contributed by atoms with Crippen LogP contribution < -0.4 is 5.43 Å². The molecule has 3 heteroatoms. The number of hydrazone groups is 1. The molecule has 0 radical (unpaired) electrons. The first-order valence-electron chi connectivity index (χ1n) is 7.87. The number of hydrogen-bond donors (Lipinski definition) is 1. The average Bonchev–Trinajstić information content (AvgIpc) is 2.54. The van der Waals surface area contributed by atoms with Crippen LogP contribution in [-0.4, -0.2) is 12.1 Å². The molecule has 0 spiro atoms. The lowest BCUT2D eigenvalue weighted by molar-refractivity contribution is 0.0955. The van der Waals surface area contributed by atoms with Crippen LogP contribution in [0.5, 0.6) is 0 Å². The van der Waals surface area contributed by atoms with Crippen LogP contribution >= 0.6 is 0 Å². The highest BCUT2D eigenvalue weighted by molar-refractivity contribution is 5.94. The van der Waals surface area contributed by atoms with E-state index in [1.165, 1.54) is 11.1 Å². The molecule has 0 saturated carbocycles. The number of nitrogens with one attached hydrogen (secondary N) is 1. The minimum atomic E-state index is -0.193. The van der Waals surface area contributed by atoms with Gasteiger partial charge < -0.3 is 0 Å². The van der Waals surface area contributed by atoms with Crippen LogP contribution in [0.1, 0.15) is 55.1 Å². The van der Waals surface area contributed by atoms with E-state index in [0.717, 1.165) is 0 Å². The molecule has 0 heterocycles. The summed E-state index contributed by atoms with van der Waals surface area (Å²) in [6, 6.07) is 17.7. The van der Waals surface area contributed by atoms with Gasteiger partial charge in [-0.3, -0.25) is 4.79 Å². The maximum Gasteiger partial charge on any atom is 0.271 e. The van der Waals surface area contributed by atoms with Crippen molar-refractivity contribution in [2.45, 2.75) is 39.0 Å². The fourth-order valence-corrected chi connectivity index (χ4v) is 2.24. The minimum Gasteiger partial charge on any atom is -0.267 e. The molecule has 0 aliphatic heterocycles. The van der Waals surface area contributed by atoms with Crippen LogP contribution in [0.2, 0.25) is 0 Å². The molecule has 23 heavy (non-hydrogen) atoms. The average molecular weight is 308 g/mol. The van der Waals surface area contributed by atoms with Gasteiger partial charge in [0.25, 0.3) is 5.91 Å². The highest BCUT2D eigenvalue weighted by Crippen LogP contribution is 2.22. The van der Waals surface area contributed by atoms with Crippen molar-refractivity contribution in [3.63, 3.8) is 0 Å². The van der Waals surface area contributed by atoms with Gasteiger partial charge in [0.1, 0.15) is 0 Å². The highest BCUT2D eigenvalue weighted by atomic mass is 16.2. The summed E-state index contributed by atoms with van der Waals surface area (Å²) in [7, 11) is 0. The summed E-state index contributed by atoms with van der Waals surface area (Å²) in [6.45, 7) is 8.50. The summed E-state index contributed by atoms with van der Waals surface area (Å²) in [6.07, 6.45) is 1.75. The summed E-state index contributed by atoms with van der Waals surface area (Å²) in [5, 5.41) is 4.07. The van der Waals surface area contributed by atoms with E-state index in [1.807, 2.05) is 61.5 Å². The summed E-state index contributed by atoms with van der Waals surface area (Å²) < 4.78 is 0. The molecule has 1 atom stereocenters. The Balaban J connectivity index is 1.96. The minimum absolute atomic E-state index is 0.0816. The molecule has 2 aromatic rings. The molecule has 1 N–H and O–H groups in total. The van der Waals surface area contributed by atoms with E-state index in [9.17, 15) is 4.79 Å². The number of benzene rings is 2. The van der Waals surface area contributed by atoms with Crippen LogP contribution in [0.25, 0.3) is 0 Å². The summed E-state index contributed by atoms with van der Waals surface area (Å²) >= 11 is 0. The standard InChI is InChI=1S/C20H24N2O/c1-15(16-8-6-5-7-9-16)14-21-22-19(23)17-10-12-18(13-11-17)20(2,3)4/h5-15H,1-4H3,(H,22,23)/b21-14+. The Bertz CT molecular complexity index is 667. The fourth-order valence-electron chi connectivity index (χ4n) is 2.24. The lowest BCUT2D eigenvalue weighted by Crippen LogP contribution is -2.18. The molecule has 2 aromatic carbocycles. The fraction of sp³-hybridized carbons (Fsp3) is 0.300. The molecule has 1 unspecified atom stereocenters. The molecule has 2 rings (SSSR count). The summed E-state index contributed by atoms with van der Waals surface area (Å²) in [5.74, 6) is -0.0401. The van der Waals surface area contributed by atoms with Crippen molar-refractivity contribution in [1.82, 2.24) is 5.43 Å². The second-order valence-corrected chi connectivity index (χ2v) is 6.75. The summed E-state index contributed by atoms with van der Waals surface area (Å²) in [5.41, 5.74) is 5.65. The van der Waals surface area contributed by atoms with E-state index in [2.05, 4.69) is 31.3 Å². The van der Waals surface area contributed by atoms with Crippen LogP contribution in [0.3, 0.4) is 0 Å². The Morgan fingerprint density at radius 3 is 2.22 bits per heavy atom. The van der Waals surface area contributed by atoms with Crippen LogP contribution in [0.15, 0.2) is 59.7 Å². The summed E-state index contributed by atoms with van der Waals surface area (Å²) in [4.78, 5) is 12.1. The second kappa shape index (κ2) is 7.23. The van der Waals surface area contributed by atoms with Gasteiger partial charge in [-0.25, -0.2) is 5.43 Å². The van der Waals surface area contributed by atoms with E-state index < -0.39 is 0 Å². The van der Waals surface area contributed by atoms with Crippen molar-refractivity contribution in [2.75, 3.05) is 0 Å². The van der Waals surface area contributed by atoms with Gasteiger partial charge in [0.2, 0.25) is 0 Å². The van der Waals surface area contributed by atoms with Crippen molar-refractivity contribution in [1.29, 1.82) is 0 Å². The zero-order chi connectivity index (χ0) is 16.9. The molecule has 120 valence electrons. The zero-order valence-electron chi connectivity index (χ0n) is 14.2. The maximum absolute atomic E-state index is 12.1. The van der Waals surface area contributed by atoms with Gasteiger partial charge in [0, 0.05) is 17.7 Å². The Hall–Kier alpha value is -2.42. The number of carbonyl (C=O) groups excluding carboxylic acids is 1. The van der Waals surface area contributed by atoms with Gasteiger partial charge in [-0.05, 0) is 28.7 Å². The van der Waals surface area contributed by atoms with E-state index in [4.69, 9.17) is 0 Å². The van der Waals surface area contributed by atoms with E-state index in [0.29, 0.717) is 5.56 Å². The highest BCUT2D eigenvalue weighted by Gasteiger charge is 2.14. The smallest absolute Gasteiger partial charge is 0.267 e. The van der Waals surface area contributed by atoms with E-state index in [1.54, 1.807) is 6.21 Å². The Labute approximate surface area is 138 Å². The van der Waals surface area contributed by atoms with Gasteiger partial charge in [0.05, 0.1) is 0 Å². The Morgan fingerprint density at radius 2 is 1.65 bits per heavy atom. The molecule has 0 aliphatic carbocycles. The molecule has 0 aliphatic rings. The normalized spacial score (nSPS) is 13.0. The maximum atomic E-state index is 12.1. The van der Waals surface area contributed by atoms with Gasteiger partial charge in [-0.2, -0.15) is 5.10 Å². The Kier molecular flexibility index (Phi) is 5.32. The largest absolute Gasteiger partial charge is 0.271 e. The Morgan fingerprint density at radius 1 is 1.04 bits per heavy atom. The van der Waals surface area contributed by atoms with Gasteiger partial charge >= 0.3 is 0 Å². The molecular formula is C20H24N2O. The molecule has 0 fully saturated rings. The first-order chi connectivity index (χ1) is 10.9. The molecular weight excluding hydrogens is 284 g/mol. The third kappa shape index (κ3) is 4.78. The van der Waals surface area contributed by atoms with Crippen molar-refractivity contribution in [2.24, 2.45) is 5.10 Å². The van der Waals surface area contributed by atoms with Gasteiger partial charge in [0.15, 0.2) is 0 Å². The predicted octanol–water partition coefficient (Wildman–Crippen LogP) is 4.50. The molecule has 0 saturated heterocycles. The van der Waals surface area contributed by atoms with Gasteiger partial charge in [-0.1, -0.05) is 70.2 Å². The molecule has 0 bridgehead atoms. The van der Waals surface area contributed by atoms with Crippen LogP contribution in [-0.2, 0) is 5.41 Å². The third-order valence-electron chi connectivity index (χ3n) is 3.80. The number of carbonyl (C=O) groups is 1. The molecule has 0 aromatic heterocycles. The van der Waals surface area contributed by atoms with Crippen molar-refractivity contribution < 1.29 is 4.79 Å². The SMILES string of the molecule is CC(/C=N/NC(=O)c1ccc(C(C)(C)C)cc1)c1ccccc1. The molecule has 1 amide bonds. The third-order valence-corrected chi connectivity index (χ3v) is 3.80. The molecule has 3 nitrogen and oxygen atoms in total. The first kappa shape index (κ1) is 16.9. The quantitative estimate of drug-likeness (QED) is 0.655. The van der Waals surface area contributed by atoms with E-state index in [-0.39, 0.29) is 17.2 Å². The second-order valence-electron chi connectivity index (χ2n) is 6.75. The lowest BCUT2D eigenvalue weighted by atomic mass is 9.87. The number of nitrogens with zero attached hydrogens (tertiary/aromatic N) is 1.